The third-order valence-corrected chi connectivity index (χ3v) is 3.47. The first-order valence-corrected chi connectivity index (χ1v) is 5.78. The molecule has 0 aliphatic carbocycles. The lowest BCUT2D eigenvalue weighted by Gasteiger charge is -2.13. The maximum Gasteiger partial charge on any atom is 0.161 e. The minimum absolute atomic E-state index is 0.329. The largest absolute Gasteiger partial charge is 0.323 e. The highest BCUT2D eigenvalue weighted by molar-refractivity contribution is 7.73. The van der Waals surface area contributed by atoms with Gasteiger partial charge >= 0.3 is 0 Å². The number of nitrogens with zero attached hydrogens (tertiary/aromatic N) is 1. The molecule has 3 heteroatoms. The number of hydrogen-bond donors (Lipinski definition) is 0. The third kappa shape index (κ3) is 1.79. The van der Waals surface area contributed by atoms with Gasteiger partial charge in [-0.05, 0) is 24.7 Å². The first-order valence-electron chi connectivity index (χ1n) is 4.49. The Morgan fingerprint density at radius 3 is 2.57 bits per heavy atom. The summed E-state index contributed by atoms with van der Waals surface area (Å²) in [5.74, 6) is 0. The minimum atomic E-state index is 0.329. The lowest BCUT2D eigenvalue weighted by Crippen LogP contribution is -2.04. The van der Waals surface area contributed by atoms with E-state index in [0.717, 1.165) is 3.95 Å². The third-order valence-electron chi connectivity index (χ3n) is 2.30. The van der Waals surface area contributed by atoms with E-state index in [0.29, 0.717) is 6.04 Å². The Hall–Kier alpha value is -0.930. The average Bonchev–Trinajstić information content (AvgIpc) is 2.65. The van der Waals surface area contributed by atoms with Crippen molar-refractivity contribution in [2.75, 3.05) is 0 Å². The molecule has 0 saturated carbocycles. The van der Waals surface area contributed by atoms with E-state index in [-0.39, 0.29) is 0 Å². The number of hydrogen-bond acceptors (Lipinski definition) is 2. The highest BCUT2D eigenvalue weighted by Crippen LogP contribution is 2.19. The summed E-state index contributed by atoms with van der Waals surface area (Å²) in [6.07, 6.45) is 2.05. The van der Waals surface area contributed by atoms with Crippen molar-refractivity contribution in [1.29, 1.82) is 0 Å². The van der Waals surface area contributed by atoms with E-state index in [2.05, 4.69) is 35.8 Å². The van der Waals surface area contributed by atoms with Crippen molar-refractivity contribution in [3.8, 4) is 0 Å². The summed E-state index contributed by atoms with van der Waals surface area (Å²) in [5.41, 5.74) is 1.29. The van der Waals surface area contributed by atoms with Crippen LogP contribution in [0.3, 0.4) is 0 Å². The second-order valence-corrected chi connectivity index (χ2v) is 4.70. The summed E-state index contributed by atoms with van der Waals surface area (Å²) in [6, 6.07) is 10.7. The first-order chi connectivity index (χ1) is 6.79. The second kappa shape index (κ2) is 4.07. The van der Waals surface area contributed by atoms with Crippen LogP contribution in [0.1, 0.15) is 18.5 Å². The van der Waals surface area contributed by atoms with Gasteiger partial charge in [0.1, 0.15) is 0 Å². The van der Waals surface area contributed by atoms with E-state index < -0.39 is 0 Å². The predicted octanol–water partition coefficient (Wildman–Crippen LogP) is 3.89. The molecule has 0 radical (unpaired) electrons. The van der Waals surface area contributed by atoms with E-state index in [4.69, 9.17) is 12.2 Å². The Bertz CT molecular complexity index is 455. The van der Waals surface area contributed by atoms with Gasteiger partial charge < -0.3 is 4.57 Å². The predicted molar refractivity (Wildman–Crippen MR) is 63.4 cm³/mol. The SMILES string of the molecule is C[C@H](c1ccccc1)n1ccsc1=S. The van der Waals surface area contributed by atoms with Gasteiger partial charge in [0.25, 0.3) is 0 Å². The standard InChI is InChI=1S/C11H11NS2/c1-9(10-5-3-2-4-6-10)12-7-8-14-11(12)13/h2-9H,1H3/t9-/m1/s1. The average molecular weight is 221 g/mol. The number of rotatable bonds is 2. The molecule has 0 amide bonds. The van der Waals surface area contributed by atoms with Gasteiger partial charge in [-0.1, -0.05) is 30.3 Å². The quantitative estimate of drug-likeness (QED) is 0.696. The van der Waals surface area contributed by atoms with Crippen LogP contribution in [0.25, 0.3) is 0 Å². The fourth-order valence-electron chi connectivity index (χ4n) is 1.46. The lowest BCUT2D eigenvalue weighted by atomic mass is 10.1. The van der Waals surface area contributed by atoms with Gasteiger partial charge in [0.15, 0.2) is 3.95 Å². The molecule has 2 rings (SSSR count). The van der Waals surface area contributed by atoms with Crippen LogP contribution in [0, 0.1) is 3.95 Å². The molecule has 0 N–H and O–H groups in total. The Kier molecular flexibility index (Phi) is 2.79. The van der Waals surface area contributed by atoms with Crippen molar-refractivity contribution in [1.82, 2.24) is 4.57 Å². The minimum Gasteiger partial charge on any atom is -0.323 e. The topological polar surface area (TPSA) is 4.93 Å². The molecule has 0 saturated heterocycles. The summed E-state index contributed by atoms with van der Waals surface area (Å²) >= 11 is 6.85. The Labute approximate surface area is 92.6 Å². The van der Waals surface area contributed by atoms with Gasteiger partial charge in [0.05, 0.1) is 6.04 Å². The smallest absolute Gasteiger partial charge is 0.161 e. The van der Waals surface area contributed by atoms with Crippen LogP contribution in [-0.2, 0) is 0 Å². The fourth-order valence-corrected chi connectivity index (χ4v) is 2.49. The summed E-state index contributed by atoms with van der Waals surface area (Å²) < 4.78 is 3.05. The monoisotopic (exact) mass is 221 g/mol. The molecule has 1 atom stereocenters. The maximum atomic E-state index is 5.24. The lowest BCUT2D eigenvalue weighted by molar-refractivity contribution is 0.639. The fraction of sp³-hybridized carbons (Fsp3) is 0.182. The van der Waals surface area contributed by atoms with Gasteiger partial charge in [-0.15, -0.1) is 11.3 Å². The second-order valence-electron chi connectivity index (χ2n) is 3.16. The Balaban J connectivity index is 2.39. The molecule has 1 heterocycles. The van der Waals surface area contributed by atoms with Crippen molar-refractivity contribution >= 4 is 23.6 Å². The molecule has 14 heavy (non-hydrogen) atoms. The van der Waals surface area contributed by atoms with Crippen molar-refractivity contribution in [3.63, 3.8) is 0 Å². The van der Waals surface area contributed by atoms with Crippen LogP contribution in [-0.4, -0.2) is 4.57 Å². The number of benzene rings is 1. The summed E-state index contributed by atoms with van der Waals surface area (Å²) in [6.45, 7) is 2.16. The molecule has 0 spiro atoms. The molecule has 1 nitrogen and oxygen atoms in total. The number of aromatic nitrogens is 1. The van der Waals surface area contributed by atoms with Crippen LogP contribution in [0.5, 0.6) is 0 Å². The number of thiazole rings is 1. The van der Waals surface area contributed by atoms with Crippen LogP contribution < -0.4 is 0 Å². The molecule has 72 valence electrons. The van der Waals surface area contributed by atoms with E-state index in [1.54, 1.807) is 11.3 Å². The summed E-state index contributed by atoms with van der Waals surface area (Å²) in [5, 5.41) is 2.03. The molecule has 0 aliphatic rings. The van der Waals surface area contributed by atoms with Crippen LogP contribution in [0.2, 0.25) is 0 Å². The molecule has 0 unspecified atom stereocenters. The van der Waals surface area contributed by atoms with Gasteiger partial charge in [0.2, 0.25) is 0 Å². The molecule has 2 aromatic rings. The molecule has 1 aromatic carbocycles. The van der Waals surface area contributed by atoms with Crippen LogP contribution >= 0.6 is 23.6 Å². The maximum absolute atomic E-state index is 5.24. The molecular formula is C11H11NS2. The molecule has 0 bridgehead atoms. The molecule has 1 aromatic heterocycles. The highest BCUT2D eigenvalue weighted by atomic mass is 32.1. The highest BCUT2D eigenvalue weighted by Gasteiger charge is 2.06. The first kappa shape index (κ1) is 9.62. The van der Waals surface area contributed by atoms with Gasteiger partial charge in [-0.25, -0.2) is 0 Å². The van der Waals surface area contributed by atoms with E-state index >= 15 is 0 Å². The summed E-state index contributed by atoms with van der Waals surface area (Å²) in [4.78, 5) is 0. The zero-order valence-electron chi connectivity index (χ0n) is 7.88. The zero-order chi connectivity index (χ0) is 9.97. The van der Waals surface area contributed by atoms with Crippen LogP contribution in [0.4, 0.5) is 0 Å². The van der Waals surface area contributed by atoms with Crippen molar-refractivity contribution in [3.05, 3.63) is 51.4 Å². The van der Waals surface area contributed by atoms with E-state index in [9.17, 15) is 0 Å². The Morgan fingerprint density at radius 2 is 2.00 bits per heavy atom. The molecule has 0 fully saturated rings. The van der Waals surface area contributed by atoms with Crippen molar-refractivity contribution in [2.24, 2.45) is 0 Å². The van der Waals surface area contributed by atoms with E-state index in [1.165, 1.54) is 5.56 Å². The zero-order valence-corrected chi connectivity index (χ0v) is 9.52. The Morgan fingerprint density at radius 1 is 1.29 bits per heavy atom. The van der Waals surface area contributed by atoms with Gasteiger partial charge in [-0.2, -0.15) is 0 Å². The van der Waals surface area contributed by atoms with E-state index in [1.807, 2.05) is 17.6 Å². The van der Waals surface area contributed by atoms with Crippen molar-refractivity contribution < 1.29 is 0 Å². The molecular weight excluding hydrogens is 210 g/mol. The van der Waals surface area contributed by atoms with Crippen LogP contribution in [0.15, 0.2) is 41.9 Å². The van der Waals surface area contributed by atoms with Gasteiger partial charge in [0, 0.05) is 11.6 Å². The molecule has 0 aliphatic heterocycles. The van der Waals surface area contributed by atoms with Gasteiger partial charge in [-0.3, -0.25) is 0 Å². The summed E-state index contributed by atoms with van der Waals surface area (Å²) in [7, 11) is 0. The van der Waals surface area contributed by atoms with Crippen molar-refractivity contribution in [2.45, 2.75) is 13.0 Å². The normalized spacial score (nSPS) is 12.6.